The van der Waals surface area contributed by atoms with E-state index in [0.29, 0.717) is 11.8 Å². The lowest BCUT2D eigenvalue weighted by Crippen LogP contribution is -2.45. The van der Waals surface area contributed by atoms with Crippen molar-refractivity contribution in [3.8, 4) is 0 Å². The summed E-state index contributed by atoms with van der Waals surface area (Å²) in [7, 11) is 0. The standard InChI is InChI=1S/C14H28N2O2/c1-11(2)15-12(13(17)18)5-8-16-9-6-14(3,4)7-10-16/h11-12,15H,5-10H2,1-4H3,(H,17,18). The first kappa shape index (κ1) is 15.4. The predicted octanol–water partition coefficient (Wildman–Crippen LogP) is 1.95. The Bertz CT molecular complexity index is 267. The molecule has 0 spiro atoms. The molecule has 2 N–H and O–H groups in total. The Morgan fingerprint density at radius 1 is 1.33 bits per heavy atom. The van der Waals surface area contributed by atoms with Gasteiger partial charge in [-0.25, -0.2) is 0 Å². The molecule has 4 heteroatoms. The van der Waals surface area contributed by atoms with Crippen LogP contribution in [0.25, 0.3) is 0 Å². The molecule has 0 aliphatic carbocycles. The number of likely N-dealkylation sites (tertiary alicyclic amines) is 1. The van der Waals surface area contributed by atoms with Crippen LogP contribution in [-0.2, 0) is 4.79 Å². The quantitative estimate of drug-likeness (QED) is 0.762. The Balaban J connectivity index is 2.32. The van der Waals surface area contributed by atoms with Crippen molar-refractivity contribution in [2.45, 2.75) is 59.0 Å². The maximum absolute atomic E-state index is 11.1. The first-order chi connectivity index (χ1) is 8.30. The maximum Gasteiger partial charge on any atom is 0.320 e. The van der Waals surface area contributed by atoms with Gasteiger partial charge in [0.15, 0.2) is 0 Å². The van der Waals surface area contributed by atoms with Crippen molar-refractivity contribution in [1.29, 1.82) is 0 Å². The highest BCUT2D eigenvalue weighted by Gasteiger charge is 2.26. The molecule has 4 nitrogen and oxygen atoms in total. The van der Waals surface area contributed by atoms with Crippen LogP contribution in [-0.4, -0.2) is 47.7 Å². The molecule has 0 aromatic carbocycles. The molecule has 106 valence electrons. The molecule has 1 unspecified atom stereocenters. The molecule has 0 aromatic rings. The largest absolute Gasteiger partial charge is 0.480 e. The molecule has 0 bridgehead atoms. The minimum absolute atomic E-state index is 0.214. The summed E-state index contributed by atoms with van der Waals surface area (Å²) in [5.74, 6) is -0.735. The number of aliphatic carboxylic acids is 1. The summed E-state index contributed by atoms with van der Waals surface area (Å²) in [4.78, 5) is 13.5. The molecule has 0 amide bonds. The van der Waals surface area contributed by atoms with Gasteiger partial charge in [0.25, 0.3) is 0 Å². The first-order valence-corrected chi connectivity index (χ1v) is 7.01. The van der Waals surface area contributed by atoms with Crippen molar-refractivity contribution in [1.82, 2.24) is 10.2 Å². The zero-order valence-electron chi connectivity index (χ0n) is 12.2. The molecule has 0 aromatic heterocycles. The number of carboxylic acid groups (broad SMARTS) is 1. The molecule has 1 rings (SSSR count). The van der Waals surface area contributed by atoms with E-state index in [-0.39, 0.29) is 6.04 Å². The summed E-state index contributed by atoms with van der Waals surface area (Å²) < 4.78 is 0. The zero-order chi connectivity index (χ0) is 13.8. The van der Waals surface area contributed by atoms with Gasteiger partial charge in [0, 0.05) is 12.6 Å². The first-order valence-electron chi connectivity index (χ1n) is 7.01. The fraction of sp³-hybridized carbons (Fsp3) is 0.929. The summed E-state index contributed by atoms with van der Waals surface area (Å²) in [6, 6.07) is -0.202. The second-order valence-electron chi connectivity index (χ2n) is 6.51. The summed E-state index contributed by atoms with van der Waals surface area (Å²) in [5, 5.41) is 12.3. The molecule has 1 aliphatic heterocycles. The van der Waals surface area contributed by atoms with Crippen LogP contribution < -0.4 is 5.32 Å². The van der Waals surface area contributed by atoms with Gasteiger partial charge >= 0.3 is 5.97 Å². The van der Waals surface area contributed by atoms with Crippen molar-refractivity contribution in [2.75, 3.05) is 19.6 Å². The van der Waals surface area contributed by atoms with E-state index in [1.807, 2.05) is 13.8 Å². The number of carbonyl (C=O) groups is 1. The molecule has 1 atom stereocenters. The monoisotopic (exact) mass is 256 g/mol. The van der Waals surface area contributed by atoms with Gasteiger partial charge < -0.3 is 15.3 Å². The highest BCUT2D eigenvalue weighted by molar-refractivity contribution is 5.73. The van der Waals surface area contributed by atoms with Crippen LogP contribution in [0.4, 0.5) is 0 Å². The number of nitrogens with one attached hydrogen (secondary N) is 1. The second kappa shape index (κ2) is 6.53. The topological polar surface area (TPSA) is 52.6 Å². The fourth-order valence-corrected chi connectivity index (χ4v) is 2.37. The maximum atomic E-state index is 11.1. The van der Waals surface area contributed by atoms with Gasteiger partial charge in [-0.3, -0.25) is 4.79 Å². The average molecular weight is 256 g/mol. The second-order valence-corrected chi connectivity index (χ2v) is 6.51. The van der Waals surface area contributed by atoms with E-state index in [0.717, 1.165) is 19.6 Å². The number of nitrogens with zero attached hydrogens (tertiary/aromatic N) is 1. The Kier molecular flexibility index (Phi) is 5.60. The molecule has 0 radical (unpaired) electrons. The number of piperidine rings is 1. The molecule has 1 saturated heterocycles. The summed E-state index contributed by atoms with van der Waals surface area (Å²) in [6.07, 6.45) is 3.11. The Morgan fingerprint density at radius 2 is 1.89 bits per heavy atom. The Morgan fingerprint density at radius 3 is 2.33 bits per heavy atom. The van der Waals surface area contributed by atoms with Crippen molar-refractivity contribution in [3.63, 3.8) is 0 Å². The molecule has 1 heterocycles. The van der Waals surface area contributed by atoms with Crippen molar-refractivity contribution in [2.24, 2.45) is 5.41 Å². The van der Waals surface area contributed by atoms with Gasteiger partial charge in [-0.2, -0.15) is 0 Å². The third kappa shape index (κ3) is 5.36. The lowest BCUT2D eigenvalue weighted by Gasteiger charge is -2.37. The van der Waals surface area contributed by atoms with E-state index < -0.39 is 12.0 Å². The van der Waals surface area contributed by atoms with Gasteiger partial charge in [-0.1, -0.05) is 27.7 Å². The lowest BCUT2D eigenvalue weighted by molar-refractivity contribution is -0.140. The van der Waals surface area contributed by atoms with Gasteiger partial charge in [0.1, 0.15) is 6.04 Å². The van der Waals surface area contributed by atoms with Crippen molar-refractivity contribution >= 4 is 5.97 Å². The summed E-state index contributed by atoms with van der Waals surface area (Å²) >= 11 is 0. The molecule has 1 fully saturated rings. The van der Waals surface area contributed by atoms with Gasteiger partial charge in [0.05, 0.1) is 0 Å². The average Bonchev–Trinajstić information content (AvgIpc) is 2.25. The third-order valence-electron chi connectivity index (χ3n) is 3.78. The molecule has 18 heavy (non-hydrogen) atoms. The zero-order valence-corrected chi connectivity index (χ0v) is 12.2. The normalized spacial score (nSPS) is 22.1. The summed E-state index contributed by atoms with van der Waals surface area (Å²) in [6.45, 7) is 11.7. The lowest BCUT2D eigenvalue weighted by atomic mass is 9.82. The van der Waals surface area contributed by atoms with Crippen LogP contribution in [0.2, 0.25) is 0 Å². The van der Waals surface area contributed by atoms with Crippen LogP contribution in [0, 0.1) is 5.41 Å². The molecule has 0 saturated carbocycles. The van der Waals surface area contributed by atoms with E-state index in [2.05, 4.69) is 24.1 Å². The number of carboxylic acids is 1. The summed E-state index contributed by atoms with van der Waals surface area (Å²) in [5.41, 5.74) is 0.457. The van der Waals surface area contributed by atoms with E-state index in [1.54, 1.807) is 0 Å². The molecule has 1 aliphatic rings. The number of hydrogen-bond acceptors (Lipinski definition) is 3. The van der Waals surface area contributed by atoms with E-state index >= 15 is 0 Å². The molecular formula is C14H28N2O2. The van der Waals surface area contributed by atoms with Gasteiger partial charge in [0.2, 0.25) is 0 Å². The van der Waals surface area contributed by atoms with Gasteiger partial charge in [-0.05, 0) is 37.8 Å². The predicted molar refractivity (Wildman–Crippen MR) is 73.8 cm³/mol. The SMILES string of the molecule is CC(C)NC(CCN1CCC(C)(C)CC1)C(=O)O. The fourth-order valence-electron chi connectivity index (χ4n) is 2.37. The van der Waals surface area contributed by atoms with Crippen LogP contribution in [0.15, 0.2) is 0 Å². The minimum atomic E-state index is -0.735. The van der Waals surface area contributed by atoms with Crippen LogP contribution in [0.3, 0.4) is 0 Å². The number of rotatable bonds is 6. The highest BCUT2D eigenvalue weighted by atomic mass is 16.4. The smallest absolute Gasteiger partial charge is 0.320 e. The Labute approximate surface area is 111 Å². The van der Waals surface area contributed by atoms with Crippen molar-refractivity contribution < 1.29 is 9.90 Å². The Hall–Kier alpha value is -0.610. The third-order valence-corrected chi connectivity index (χ3v) is 3.78. The van der Waals surface area contributed by atoms with E-state index in [1.165, 1.54) is 12.8 Å². The van der Waals surface area contributed by atoms with Gasteiger partial charge in [-0.15, -0.1) is 0 Å². The van der Waals surface area contributed by atoms with Crippen LogP contribution >= 0.6 is 0 Å². The molecular weight excluding hydrogens is 228 g/mol. The van der Waals surface area contributed by atoms with Crippen LogP contribution in [0.1, 0.15) is 47.0 Å². The highest BCUT2D eigenvalue weighted by Crippen LogP contribution is 2.29. The van der Waals surface area contributed by atoms with E-state index in [9.17, 15) is 4.79 Å². The number of hydrogen-bond donors (Lipinski definition) is 2. The van der Waals surface area contributed by atoms with E-state index in [4.69, 9.17) is 5.11 Å². The van der Waals surface area contributed by atoms with Crippen molar-refractivity contribution in [3.05, 3.63) is 0 Å². The minimum Gasteiger partial charge on any atom is -0.480 e. The van der Waals surface area contributed by atoms with Crippen LogP contribution in [0.5, 0.6) is 0 Å².